The third kappa shape index (κ3) is 4.51. The van der Waals surface area contributed by atoms with Gasteiger partial charge in [-0.2, -0.15) is 0 Å². The molecule has 0 aliphatic heterocycles. The predicted molar refractivity (Wildman–Crippen MR) is 57.0 cm³/mol. The Kier molecular flexibility index (Phi) is 5.72. The van der Waals surface area contributed by atoms with Crippen LogP contribution in [-0.2, 0) is 0 Å². The lowest BCUT2D eigenvalue weighted by Crippen LogP contribution is -1.76. The fraction of sp³-hybridized carbons (Fsp3) is 0.167. The largest absolute Gasteiger partial charge is 0.0991 e. The van der Waals surface area contributed by atoms with Crippen LogP contribution in [-0.4, -0.2) is 0 Å². The molecule has 64 valence electrons. The molecule has 0 radical (unpaired) electrons. The van der Waals surface area contributed by atoms with Gasteiger partial charge in [0.1, 0.15) is 0 Å². The molecule has 0 unspecified atom stereocenters. The van der Waals surface area contributed by atoms with Gasteiger partial charge < -0.3 is 0 Å². The van der Waals surface area contributed by atoms with E-state index in [2.05, 4.69) is 13.2 Å². The number of hydrogen-bond acceptors (Lipinski definition) is 0. The first kappa shape index (κ1) is 10.7. The third-order valence-corrected chi connectivity index (χ3v) is 1.48. The summed E-state index contributed by atoms with van der Waals surface area (Å²) < 4.78 is 0. The second kappa shape index (κ2) is 6.41. The normalized spacial score (nSPS) is 12.7. The average molecular weight is 160 g/mol. The molecular weight excluding hydrogens is 144 g/mol. The summed E-state index contributed by atoms with van der Waals surface area (Å²) in [6.45, 7) is 11.5. The van der Waals surface area contributed by atoms with Crippen LogP contribution in [0.3, 0.4) is 0 Å². The van der Waals surface area contributed by atoms with Gasteiger partial charge in [-0.1, -0.05) is 49.6 Å². The summed E-state index contributed by atoms with van der Waals surface area (Å²) in [6, 6.07) is 0. The van der Waals surface area contributed by atoms with Crippen LogP contribution in [0.4, 0.5) is 0 Å². The van der Waals surface area contributed by atoms with Gasteiger partial charge in [0, 0.05) is 0 Å². The molecule has 0 saturated carbocycles. The molecule has 0 aromatic rings. The van der Waals surface area contributed by atoms with Crippen molar-refractivity contribution in [3.05, 3.63) is 60.8 Å². The van der Waals surface area contributed by atoms with Crippen molar-refractivity contribution in [2.24, 2.45) is 0 Å². The third-order valence-electron chi connectivity index (χ3n) is 1.48. The molecule has 0 aromatic heterocycles. The highest BCUT2D eigenvalue weighted by atomic mass is 13.9. The van der Waals surface area contributed by atoms with Crippen molar-refractivity contribution in [1.29, 1.82) is 0 Å². The molecule has 0 heteroatoms. The molecule has 0 saturated heterocycles. The molecule has 0 amide bonds. The Hall–Kier alpha value is -1.30. The van der Waals surface area contributed by atoms with E-state index in [4.69, 9.17) is 0 Å². The number of allylic oxidation sites excluding steroid dienone is 8. The topological polar surface area (TPSA) is 0 Å². The quantitative estimate of drug-likeness (QED) is 0.549. The van der Waals surface area contributed by atoms with E-state index in [1.807, 2.05) is 44.2 Å². The van der Waals surface area contributed by atoms with Crippen LogP contribution in [0.2, 0.25) is 0 Å². The van der Waals surface area contributed by atoms with E-state index in [1.54, 1.807) is 6.08 Å². The van der Waals surface area contributed by atoms with Gasteiger partial charge in [0.05, 0.1) is 0 Å². The van der Waals surface area contributed by atoms with Crippen molar-refractivity contribution >= 4 is 0 Å². The molecule has 0 fully saturated rings. The van der Waals surface area contributed by atoms with E-state index in [-0.39, 0.29) is 0 Å². The maximum absolute atomic E-state index is 3.91. The summed E-state index contributed by atoms with van der Waals surface area (Å²) >= 11 is 0. The van der Waals surface area contributed by atoms with E-state index in [9.17, 15) is 0 Å². The van der Waals surface area contributed by atoms with Gasteiger partial charge in [0.25, 0.3) is 0 Å². The van der Waals surface area contributed by atoms with Crippen molar-refractivity contribution in [2.45, 2.75) is 13.8 Å². The first-order valence-electron chi connectivity index (χ1n) is 4.00. The fourth-order valence-corrected chi connectivity index (χ4v) is 0.663. The second-order valence-corrected chi connectivity index (χ2v) is 2.50. The minimum atomic E-state index is 1.02. The Morgan fingerprint density at radius 2 is 1.92 bits per heavy atom. The van der Waals surface area contributed by atoms with E-state index in [0.717, 1.165) is 5.57 Å². The maximum atomic E-state index is 3.91. The Morgan fingerprint density at radius 1 is 1.25 bits per heavy atom. The van der Waals surface area contributed by atoms with Crippen molar-refractivity contribution < 1.29 is 0 Å². The monoisotopic (exact) mass is 160 g/mol. The molecule has 0 N–H and O–H groups in total. The first-order chi connectivity index (χ1) is 5.72. The smallest absolute Gasteiger partial charge is 0.0299 e. The molecule has 0 spiro atoms. The summed E-state index contributed by atoms with van der Waals surface area (Å²) in [5, 5.41) is 0. The molecule has 12 heavy (non-hydrogen) atoms. The molecular formula is C12H16. The van der Waals surface area contributed by atoms with Gasteiger partial charge in [-0.25, -0.2) is 0 Å². The van der Waals surface area contributed by atoms with Crippen LogP contribution in [0.5, 0.6) is 0 Å². The zero-order valence-corrected chi connectivity index (χ0v) is 7.88. The van der Waals surface area contributed by atoms with E-state index in [0.29, 0.717) is 0 Å². The standard InChI is InChI=1S/C12H16/c1-5-7-9-11(3)12(4)10-8-6-2/h5-10H,1,3H2,2,4H3/b8-6-,9-7-,12-10-. The highest BCUT2D eigenvalue weighted by Crippen LogP contribution is 2.07. The first-order valence-corrected chi connectivity index (χ1v) is 4.00. The SMILES string of the molecule is C=C/C=C\C(=C)/C(C)=C\C=C/C. The molecule has 0 heterocycles. The molecule has 0 rings (SSSR count). The predicted octanol–water partition coefficient (Wildman–Crippen LogP) is 3.81. The van der Waals surface area contributed by atoms with Crippen LogP contribution in [0.15, 0.2) is 60.8 Å². The highest BCUT2D eigenvalue weighted by molar-refractivity contribution is 5.38. The lowest BCUT2D eigenvalue weighted by atomic mass is 10.1. The summed E-state index contributed by atoms with van der Waals surface area (Å²) in [5.41, 5.74) is 2.19. The molecule has 0 aromatic carbocycles. The van der Waals surface area contributed by atoms with Gasteiger partial charge in [-0.3, -0.25) is 0 Å². The highest BCUT2D eigenvalue weighted by Gasteiger charge is 1.87. The van der Waals surface area contributed by atoms with E-state index < -0.39 is 0 Å². The van der Waals surface area contributed by atoms with Crippen LogP contribution >= 0.6 is 0 Å². The van der Waals surface area contributed by atoms with Gasteiger partial charge in [-0.05, 0) is 25.0 Å². The van der Waals surface area contributed by atoms with Gasteiger partial charge in [-0.15, -0.1) is 0 Å². The average Bonchev–Trinajstić information content (AvgIpc) is 2.10. The number of hydrogen-bond donors (Lipinski definition) is 0. The Balaban J connectivity index is 4.28. The Morgan fingerprint density at radius 3 is 2.42 bits per heavy atom. The van der Waals surface area contributed by atoms with Crippen molar-refractivity contribution in [3.8, 4) is 0 Å². The molecule has 0 aliphatic carbocycles. The van der Waals surface area contributed by atoms with Crippen LogP contribution in [0, 0.1) is 0 Å². The number of rotatable bonds is 4. The van der Waals surface area contributed by atoms with E-state index >= 15 is 0 Å². The van der Waals surface area contributed by atoms with Crippen molar-refractivity contribution in [3.63, 3.8) is 0 Å². The molecule has 0 aliphatic rings. The minimum Gasteiger partial charge on any atom is -0.0991 e. The minimum absolute atomic E-state index is 1.02. The summed E-state index contributed by atoms with van der Waals surface area (Å²) in [4.78, 5) is 0. The zero-order chi connectivity index (χ0) is 9.40. The fourth-order valence-electron chi connectivity index (χ4n) is 0.663. The van der Waals surface area contributed by atoms with Gasteiger partial charge >= 0.3 is 0 Å². The zero-order valence-electron chi connectivity index (χ0n) is 7.88. The summed E-state index contributed by atoms with van der Waals surface area (Å²) in [6.07, 6.45) is 11.6. The lowest BCUT2D eigenvalue weighted by molar-refractivity contribution is 1.44. The molecule has 0 atom stereocenters. The van der Waals surface area contributed by atoms with Crippen LogP contribution in [0.25, 0.3) is 0 Å². The lowest BCUT2D eigenvalue weighted by Gasteiger charge is -1.96. The summed E-state index contributed by atoms with van der Waals surface area (Å²) in [5.74, 6) is 0. The Labute approximate surface area is 75.3 Å². The second-order valence-electron chi connectivity index (χ2n) is 2.50. The maximum Gasteiger partial charge on any atom is -0.0299 e. The van der Waals surface area contributed by atoms with Crippen molar-refractivity contribution in [1.82, 2.24) is 0 Å². The van der Waals surface area contributed by atoms with Crippen molar-refractivity contribution in [2.75, 3.05) is 0 Å². The van der Waals surface area contributed by atoms with E-state index in [1.165, 1.54) is 5.57 Å². The summed E-state index contributed by atoms with van der Waals surface area (Å²) in [7, 11) is 0. The van der Waals surface area contributed by atoms with Crippen LogP contribution < -0.4 is 0 Å². The van der Waals surface area contributed by atoms with Gasteiger partial charge in [0.2, 0.25) is 0 Å². The Bertz CT molecular complexity index is 237. The van der Waals surface area contributed by atoms with Crippen LogP contribution in [0.1, 0.15) is 13.8 Å². The molecule has 0 nitrogen and oxygen atoms in total. The van der Waals surface area contributed by atoms with Gasteiger partial charge in [0.15, 0.2) is 0 Å². The molecule has 0 bridgehead atoms.